The fraction of sp³-hybridized carbons (Fsp3) is 0.0435. The molecule has 0 N–H and O–H groups in total. The van der Waals surface area contributed by atoms with Crippen LogP contribution in [0.3, 0.4) is 0 Å². The summed E-state index contributed by atoms with van der Waals surface area (Å²) in [6.45, 7) is 0. The van der Waals surface area contributed by atoms with E-state index in [1.165, 1.54) is 0 Å². The highest BCUT2D eigenvalue weighted by molar-refractivity contribution is 6.16. The first-order chi connectivity index (χ1) is 12.8. The highest BCUT2D eigenvalue weighted by Gasteiger charge is 2.16. The van der Waals surface area contributed by atoms with Crippen molar-refractivity contribution in [3.63, 3.8) is 0 Å². The molecule has 0 saturated heterocycles. The first kappa shape index (κ1) is 16.0. The number of benzene rings is 3. The van der Waals surface area contributed by atoms with Gasteiger partial charge in [0, 0.05) is 22.7 Å². The van der Waals surface area contributed by atoms with Gasteiger partial charge in [0.25, 0.3) is 0 Å². The van der Waals surface area contributed by atoms with E-state index < -0.39 is 0 Å². The Hall–Kier alpha value is -3.46. The van der Waals surface area contributed by atoms with Crippen LogP contribution in [0.25, 0.3) is 21.9 Å². The SMILES string of the molecule is COc1ccc(C(=O)c2ncc(-c3ccccc3)c3ccccc23)cc1. The van der Waals surface area contributed by atoms with Crippen LogP contribution < -0.4 is 4.74 Å². The Labute approximate surface area is 151 Å². The van der Waals surface area contributed by atoms with Crippen molar-refractivity contribution in [3.05, 3.63) is 96.3 Å². The largest absolute Gasteiger partial charge is 0.497 e. The Morgan fingerprint density at radius 3 is 2.15 bits per heavy atom. The van der Waals surface area contributed by atoms with Crippen molar-refractivity contribution in [2.75, 3.05) is 7.11 Å². The lowest BCUT2D eigenvalue weighted by Gasteiger charge is -2.10. The molecule has 3 nitrogen and oxygen atoms in total. The number of rotatable bonds is 4. The lowest BCUT2D eigenvalue weighted by Crippen LogP contribution is -2.05. The molecule has 3 aromatic carbocycles. The number of nitrogens with zero attached hydrogens (tertiary/aromatic N) is 1. The first-order valence-electron chi connectivity index (χ1n) is 8.40. The Morgan fingerprint density at radius 1 is 0.808 bits per heavy atom. The van der Waals surface area contributed by atoms with Crippen molar-refractivity contribution >= 4 is 16.6 Å². The smallest absolute Gasteiger partial charge is 0.211 e. The minimum atomic E-state index is -0.0940. The molecule has 0 saturated carbocycles. The number of pyridine rings is 1. The van der Waals surface area contributed by atoms with E-state index in [4.69, 9.17) is 4.74 Å². The summed E-state index contributed by atoms with van der Waals surface area (Å²) >= 11 is 0. The molecule has 0 spiro atoms. The second-order valence-electron chi connectivity index (χ2n) is 5.99. The molecule has 0 aliphatic rings. The van der Waals surface area contributed by atoms with Gasteiger partial charge in [-0.05, 0) is 35.2 Å². The van der Waals surface area contributed by atoms with Crippen LogP contribution in [0.2, 0.25) is 0 Å². The summed E-state index contributed by atoms with van der Waals surface area (Å²) in [5.74, 6) is 0.627. The quantitative estimate of drug-likeness (QED) is 0.483. The Morgan fingerprint density at radius 2 is 1.46 bits per heavy atom. The van der Waals surface area contributed by atoms with Gasteiger partial charge in [-0.15, -0.1) is 0 Å². The van der Waals surface area contributed by atoms with Crippen molar-refractivity contribution in [1.82, 2.24) is 4.98 Å². The number of carbonyl (C=O) groups excluding carboxylic acids is 1. The molecule has 0 unspecified atom stereocenters. The number of carbonyl (C=O) groups is 1. The van der Waals surface area contributed by atoms with Gasteiger partial charge in [-0.2, -0.15) is 0 Å². The van der Waals surface area contributed by atoms with E-state index in [1.54, 1.807) is 37.6 Å². The fourth-order valence-corrected chi connectivity index (χ4v) is 3.10. The van der Waals surface area contributed by atoms with Gasteiger partial charge in [-0.25, -0.2) is 0 Å². The lowest BCUT2D eigenvalue weighted by molar-refractivity contribution is 0.103. The molecule has 1 aromatic heterocycles. The maximum absolute atomic E-state index is 13.0. The van der Waals surface area contributed by atoms with Crippen LogP contribution in [0.15, 0.2) is 85.1 Å². The number of aromatic nitrogens is 1. The van der Waals surface area contributed by atoms with Crippen molar-refractivity contribution < 1.29 is 9.53 Å². The monoisotopic (exact) mass is 339 g/mol. The van der Waals surface area contributed by atoms with Gasteiger partial charge >= 0.3 is 0 Å². The van der Waals surface area contributed by atoms with Gasteiger partial charge in [0.05, 0.1) is 7.11 Å². The highest BCUT2D eigenvalue weighted by atomic mass is 16.5. The minimum Gasteiger partial charge on any atom is -0.497 e. The van der Waals surface area contributed by atoms with Crippen LogP contribution in [0.1, 0.15) is 16.1 Å². The molecule has 0 radical (unpaired) electrons. The molecule has 4 rings (SSSR count). The van der Waals surface area contributed by atoms with Crippen LogP contribution in [0.5, 0.6) is 5.75 Å². The molecule has 26 heavy (non-hydrogen) atoms. The fourth-order valence-electron chi connectivity index (χ4n) is 3.10. The zero-order chi connectivity index (χ0) is 17.9. The number of methoxy groups -OCH3 is 1. The van der Waals surface area contributed by atoms with Crippen molar-refractivity contribution in [1.29, 1.82) is 0 Å². The molecular weight excluding hydrogens is 322 g/mol. The molecule has 0 aliphatic heterocycles. The van der Waals surface area contributed by atoms with Gasteiger partial charge < -0.3 is 4.74 Å². The molecule has 126 valence electrons. The second-order valence-corrected chi connectivity index (χ2v) is 5.99. The number of hydrogen-bond donors (Lipinski definition) is 0. The van der Waals surface area contributed by atoms with Crippen molar-refractivity contribution in [3.8, 4) is 16.9 Å². The van der Waals surface area contributed by atoms with Crippen LogP contribution in [-0.4, -0.2) is 17.9 Å². The van der Waals surface area contributed by atoms with E-state index in [-0.39, 0.29) is 5.78 Å². The van der Waals surface area contributed by atoms with Gasteiger partial charge in [0.1, 0.15) is 11.4 Å². The molecule has 0 atom stereocenters. The van der Waals surface area contributed by atoms with Gasteiger partial charge in [0.15, 0.2) is 0 Å². The Bertz CT molecular complexity index is 1070. The van der Waals surface area contributed by atoms with E-state index >= 15 is 0 Å². The van der Waals surface area contributed by atoms with Crippen molar-refractivity contribution in [2.45, 2.75) is 0 Å². The average molecular weight is 339 g/mol. The van der Waals surface area contributed by atoms with E-state index in [1.807, 2.05) is 42.5 Å². The normalized spacial score (nSPS) is 10.7. The minimum absolute atomic E-state index is 0.0940. The zero-order valence-electron chi connectivity index (χ0n) is 14.3. The summed E-state index contributed by atoms with van der Waals surface area (Å²) < 4.78 is 5.16. The summed E-state index contributed by atoms with van der Waals surface area (Å²) in [6, 6.07) is 25.1. The van der Waals surface area contributed by atoms with Crippen LogP contribution in [0.4, 0.5) is 0 Å². The molecule has 3 heteroatoms. The predicted octanol–water partition coefficient (Wildman–Crippen LogP) is 5.14. The van der Waals surface area contributed by atoms with Crippen molar-refractivity contribution in [2.24, 2.45) is 0 Å². The second kappa shape index (κ2) is 6.81. The van der Waals surface area contributed by atoms with E-state index in [9.17, 15) is 4.79 Å². The third-order valence-electron chi connectivity index (χ3n) is 4.45. The molecule has 0 bridgehead atoms. The number of fused-ring (bicyclic) bond motifs is 1. The molecule has 4 aromatic rings. The molecule has 1 heterocycles. The summed E-state index contributed by atoms with van der Waals surface area (Å²) in [5, 5.41) is 1.88. The maximum atomic E-state index is 13.0. The summed E-state index contributed by atoms with van der Waals surface area (Å²) in [7, 11) is 1.61. The molecular formula is C23H17NO2. The average Bonchev–Trinajstić information content (AvgIpc) is 2.73. The topological polar surface area (TPSA) is 39.2 Å². The zero-order valence-corrected chi connectivity index (χ0v) is 14.3. The van der Waals surface area contributed by atoms with E-state index in [0.29, 0.717) is 11.3 Å². The number of hydrogen-bond acceptors (Lipinski definition) is 3. The summed E-state index contributed by atoms with van der Waals surface area (Å²) in [4.78, 5) is 17.5. The third-order valence-corrected chi connectivity index (χ3v) is 4.45. The van der Waals surface area contributed by atoms with Gasteiger partial charge in [0.2, 0.25) is 5.78 Å². The van der Waals surface area contributed by atoms with Gasteiger partial charge in [-0.1, -0.05) is 54.6 Å². The molecule has 0 amide bonds. The standard InChI is InChI=1S/C23H17NO2/c1-26-18-13-11-17(12-14-18)23(25)22-20-10-6-5-9-19(20)21(15-24-22)16-7-3-2-4-8-16/h2-15H,1H3. The molecule has 0 aliphatic carbocycles. The third kappa shape index (κ3) is 2.84. The number of ether oxygens (including phenoxy) is 1. The van der Waals surface area contributed by atoms with E-state index in [2.05, 4.69) is 17.1 Å². The highest BCUT2D eigenvalue weighted by Crippen LogP contribution is 2.30. The van der Waals surface area contributed by atoms with Crippen LogP contribution in [-0.2, 0) is 0 Å². The lowest BCUT2D eigenvalue weighted by atomic mass is 9.96. The van der Waals surface area contributed by atoms with Crippen LogP contribution in [0, 0.1) is 0 Å². The van der Waals surface area contributed by atoms with Crippen LogP contribution >= 0.6 is 0 Å². The Balaban J connectivity index is 1.85. The van der Waals surface area contributed by atoms with Gasteiger partial charge in [-0.3, -0.25) is 9.78 Å². The summed E-state index contributed by atoms with van der Waals surface area (Å²) in [6.07, 6.45) is 1.79. The maximum Gasteiger partial charge on any atom is 0.211 e. The first-order valence-corrected chi connectivity index (χ1v) is 8.40. The predicted molar refractivity (Wildman–Crippen MR) is 104 cm³/mol. The number of ketones is 1. The summed E-state index contributed by atoms with van der Waals surface area (Å²) in [5.41, 5.74) is 3.16. The Kier molecular flexibility index (Phi) is 4.20. The molecule has 0 fully saturated rings. The van der Waals surface area contributed by atoms with E-state index in [0.717, 1.165) is 27.6 Å².